The molecule has 1 aliphatic rings. The van der Waals surface area contributed by atoms with E-state index in [2.05, 4.69) is 5.32 Å². The van der Waals surface area contributed by atoms with E-state index in [1.54, 1.807) is 4.90 Å². The molecule has 1 N–H and O–H groups in total. The van der Waals surface area contributed by atoms with Crippen LogP contribution in [-0.4, -0.2) is 35.6 Å². The van der Waals surface area contributed by atoms with E-state index < -0.39 is 5.60 Å². The van der Waals surface area contributed by atoms with Gasteiger partial charge in [-0.25, -0.2) is 4.79 Å². The van der Waals surface area contributed by atoms with Gasteiger partial charge in [-0.05, 0) is 37.8 Å². The van der Waals surface area contributed by atoms with E-state index in [-0.39, 0.29) is 23.8 Å². The van der Waals surface area contributed by atoms with Gasteiger partial charge in [-0.1, -0.05) is 66.7 Å². The summed E-state index contributed by atoms with van der Waals surface area (Å²) in [6.07, 6.45) is -0.381. The van der Waals surface area contributed by atoms with Crippen LogP contribution >= 0.6 is 0 Å². The highest BCUT2D eigenvalue weighted by molar-refractivity contribution is 6.03. The molecule has 5 heteroatoms. The first-order valence-electron chi connectivity index (χ1n) is 10.6. The third-order valence-electron chi connectivity index (χ3n) is 5.58. The minimum absolute atomic E-state index is 0.0868. The molecule has 2 atom stereocenters. The Hall–Kier alpha value is -3.34. The number of hydrogen-bond donors (Lipinski definition) is 1. The maximum absolute atomic E-state index is 13.4. The Kier molecular flexibility index (Phi) is 5.68. The number of nitrogens with one attached hydrogen (secondary N) is 1. The lowest BCUT2D eigenvalue weighted by atomic mass is 9.88. The summed E-state index contributed by atoms with van der Waals surface area (Å²) in [6, 6.07) is 23.8. The van der Waals surface area contributed by atoms with Crippen LogP contribution in [0.5, 0.6) is 0 Å². The van der Waals surface area contributed by atoms with E-state index in [9.17, 15) is 9.59 Å². The number of fused-ring (bicyclic) bond motifs is 1. The van der Waals surface area contributed by atoms with Gasteiger partial charge in [0.05, 0.1) is 5.92 Å². The third-order valence-corrected chi connectivity index (χ3v) is 5.58. The maximum Gasteiger partial charge on any atom is 0.410 e. The zero-order valence-corrected chi connectivity index (χ0v) is 18.2. The van der Waals surface area contributed by atoms with Gasteiger partial charge in [0.15, 0.2) is 0 Å². The van der Waals surface area contributed by atoms with Gasteiger partial charge < -0.3 is 15.0 Å². The molecule has 0 bridgehead atoms. The maximum atomic E-state index is 13.4. The average Bonchev–Trinajstić information content (AvgIpc) is 3.19. The molecule has 0 radical (unpaired) electrons. The van der Waals surface area contributed by atoms with E-state index in [4.69, 9.17) is 4.74 Å². The van der Waals surface area contributed by atoms with E-state index in [0.29, 0.717) is 13.1 Å². The quantitative estimate of drug-likeness (QED) is 0.619. The number of rotatable bonds is 3. The number of benzene rings is 3. The van der Waals surface area contributed by atoms with Gasteiger partial charge in [0.2, 0.25) is 5.91 Å². The number of nitrogens with zero attached hydrogens (tertiary/aromatic N) is 1. The first kappa shape index (κ1) is 20.9. The predicted octanol–water partition coefficient (Wildman–Crippen LogP) is 5.43. The van der Waals surface area contributed by atoms with Crippen molar-refractivity contribution in [2.75, 3.05) is 18.4 Å². The molecular formula is C26H28N2O3. The van der Waals surface area contributed by atoms with Crippen LogP contribution in [0.3, 0.4) is 0 Å². The Morgan fingerprint density at radius 3 is 2.32 bits per heavy atom. The number of hydrogen-bond acceptors (Lipinski definition) is 3. The van der Waals surface area contributed by atoms with Crippen LogP contribution in [0.25, 0.3) is 10.8 Å². The summed E-state index contributed by atoms with van der Waals surface area (Å²) in [4.78, 5) is 27.8. The molecule has 160 valence electrons. The second-order valence-electron chi connectivity index (χ2n) is 9.02. The van der Waals surface area contributed by atoms with Crippen molar-refractivity contribution in [3.63, 3.8) is 0 Å². The Morgan fingerprint density at radius 1 is 0.903 bits per heavy atom. The highest BCUT2D eigenvalue weighted by Crippen LogP contribution is 2.35. The van der Waals surface area contributed by atoms with Crippen molar-refractivity contribution in [2.24, 2.45) is 5.92 Å². The summed E-state index contributed by atoms with van der Waals surface area (Å²) in [7, 11) is 0. The molecule has 3 aromatic carbocycles. The second kappa shape index (κ2) is 8.42. The molecule has 1 fully saturated rings. The van der Waals surface area contributed by atoms with Crippen molar-refractivity contribution >= 4 is 28.5 Å². The van der Waals surface area contributed by atoms with Crippen molar-refractivity contribution in [1.82, 2.24) is 4.90 Å². The van der Waals surface area contributed by atoms with E-state index >= 15 is 0 Å². The number of carbonyl (C=O) groups is 2. The number of carbonyl (C=O) groups excluding carboxylic acids is 2. The summed E-state index contributed by atoms with van der Waals surface area (Å²) in [5.74, 6) is -0.547. The molecule has 1 heterocycles. The van der Waals surface area contributed by atoms with E-state index in [1.165, 1.54) is 0 Å². The molecule has 0 aliphatic carbocycles. The van der Waals surface area contributed by atoms with Crippen LogP contribution in [0, 0.1) is 5.92 Å². The summed E-state index contributed by atoms with van der Waals surface area (Å²) in [5.41, 5.74) is 1.25. The summed E-state index contributed by atoms with van der Waals surface area (Å²) in [5, 5.41) is 5.18. The van der Waals surface area contributed by atoms with E-state index in [0.717, 1.165) is 22.0 Å². The molecule has 31 heavy (non-hydrogen) atoms. The fourth-order valence-corrected chi connectivity index (χ4v) is 4.14. The highest BCUT2D eigenvalue weighted by atomic mass is 16.6. The third kappa shape index (κ3) is 4.71. The van der Waals surface area contributed by atoms with Crippen molar-refractivity contribution in [3.05, 3.63) is 78.4 Å². The zero-order valence-electron chi connectivity index (χ0n) is 18.2. The zero-order chi connectivity index (χ0) is 22.0. The second-order valence-corrected chi connectivity index (χ2v) is 9.02. The van der Waals surface area contributed by atoms with Crippen LogP contribution in [-0.2, 0) is 9.53 Å². The Labute approximate surface area is 183 Å². The molecule has 0 aromatic heterocycles. The molecule has 3 aromatic rings. The van der Waals surface area contributed by atoms with Crippen LogP contribution in [0.4, 0.5) is 10.5 Å². The largest absolute Gasteiger partial charge is 0.444 e. The topological polar surface area (TPSA) is 58.6 Å². The van der Waals surface area contributed by atoms with Crippen molar-refractivity contribution < 1.29 is 14.3 Å². The molecule has 0 spiro atoms. The van der Waals surface area contributed by atoms with Gasteiger partial charge in [-0.2, -0.15) is 0 Å². The Bertz CT molecular complexity index is 1080. The van der Waals surface area contributed by atoms with Crippen molar-refractivity contribution in [3.8, 4) is 0 Å². The molecular weight excluding hydrogens is 388 g/mol. The fraction of sp³-hybridized carbons (Fsp3) is 0.308. The van der Waals surface area contributed by atoms with Gasteiger partial charge in [0, 0.05) is 30.1 Å². The van der Waals surface area contributed by atoms with Crippen LogP contribution < -0.4 is 5.32 Å². The lowest BCUT2D eigenvalue weighted by Crippen LogP contribution is -2.36. The van der Waals surface area contributed by atoms with Gasteiger partial charge in [0.1, 0.15) is 5.60 Å². The normalized spacial score (nSPS) is 18.7. The molecule has 0 saturated carbocycles. The molecule has 1 saturated heterocycles. The first-order valence-corrected chi connectivity index (χ1v) is 10.6. The van der Waals surface area contributed by atoms with Crippen LogP contribution in [0.15, 0.2) is 72.8 Å². The molecule has 5 nitrogen and oxygen atoms in total. The minimum atomic E-state index is -0.581. The monoisotopic (exact) mass is 416 g/mol. The van der Waals surface area contributed by atoms with Gasteiger partial charge in [-0.3, -0.25) is 4.79 Å². The fourth-order valence-electron chi connectivity index (χ4n) is 4.14. The number of anilines is 1. The van der Waals surface area contributed by atoms with Gasteiger partial charge in [0.25, 0.3) is 0 Å². The Morgan fingerprint density at radius 2 is 1.58 bits per heavy atom. The molecule has 4 rings (SSSR count). The number of amides is 2. The molecule has 2 amide bonds. The summed E-state index contributed by atoms with van der Waals surface area (Å²) >= 11 is 0. The van der Waals surface area contributed by atoms with E-state index in [1.807, 2.05) is 93.6 Å². The lowest BCUT2D eigenvalue weighted by Gasteiger charge is -2.24. The van der Waals surface area contributed by atoms with Crippen LogP contribution in [0.2, 0.25) is 0 Å². The Balaban J connectivity index is 1.60. The summed E-state index contributed by atoms with van der Waals surface area (Å²) < 4.78 is 5.57. The van der Waals surface area contributed by atoms with Crippen LogP contribution in [0.1, 0.15) is 32.3 Å². The summed E-state index contributed by atoms with van der Waals surface area (Å²) in [6.45, 7) is 6.32. The number of ether oxygens (including phenoxy) is 1. The standard InChI is InChI=1S/C26H28N2O3/c1-26(2,3)31-25(30)28-16-21(19-10-5-4-6-11-19)22(17-28)24(29)27-23-15-9-13-18-12-7-8-14-20(18)23/h4-15,21-22H,16-17H2,1-3H3,(H,27,29)/t21-,22+/m1/s1. The van der Waals surface area contributed by atoms with Crippen molar-refractivity contribution in [1.29, 1.82) is 0 Å². The molecule has 0 unspecified atom stereocenters. The molecule has 1 aliphatic heterocycles. The average molecular weight is 417 g/mol. The SMILES string of the molecule is CC(C)(C)OC(=O)N1C[C@H](C(=O)Nc2cccc3ccccc23)[C@@H](c2ccccc2)C1. The van der Waals surface area contributed by atoms with Gasteiger partial charge in [-0.15, -0.1) is 0 Å². The first-order chi connectivity index (χ1) is 14.8. The highest BCUT2D eigenvalue weighted by Gasteiger charge is 2.41. The lowest BCUT2D eigenvalue weighted by molar-refractivity contribution is -0.119. The minimum Gasteiger partial charge on any atom is -0.444 e. The van der Waals surface area contributed by atoms with Gasteiger partial charge >= 0.3 is 6.09 Å². The smallest absolute Gasteiger partial charge is 0.410 e. The van der Waals surface area contributed by atoms with Crippen molar-refractivity contribution in [2.45, 2.75) is 32.3 Å². The number of likely N-dealkylation sites (tertiary alicyclic amines) is 1. The predicted molar refractivity (Wildman–Crippen MR) is 123 cm³/mol.